The van der Waals surface area contributed by atoms with Gasteiger partial charge in [0.15, 0.2) is 0 Å². The summed E-state index contributed by atoms with van der Waals surface area (Å²) in [6.07, 6.45) is 2.75. The molecule has 1 saturated carbocycles. The van der Waals surface area contributed by atoms with Gasteiger partial charge in [0.1, 0.15) is 0 Å². The van der Waals surface area contributed by atoms with Gasteiger partial charge in [-0.3, -0.25) is 0 Å². The lowest BCUT2D eigenvalue weighted by Gasteiger charge is -2.11. The van der Waals surface area contributed by atoms with Crippen molar-refractivity contribution in [3.63, 3.8) is 0 Å². The van der Waals surface area contributed by atoms with Crippen LogP contribution in [0.25, 0.3) is 0 Å². The van der Waals surface area contributed by atoms with E-state index in [1.807, 2.05) is 18.7 Å². The first-order valence-corrected chi connectivity index (χ1v) is 5.66. The Balaban J connectivity index is 2.20. The van der Waals surface area contributed by atoms with Crippen LogP contribution in [0, 0.1) is 0 Å². The normalized spacial score (nSPS) is 18.6. The molecule has 0 aromatic heterocycles. The largest absolute Gasteiger partial charge is 0.324 e. The Labute approximate surface area is 83.7 Å². The fourth-order valence-corrected chi connectivity index (χ4v) is 2.61. The van der Waals surface area contributed by atoms with Crippen LogP contribution >= 0.6 is 11.8 Å². The number of hydrogen-bond donors (Lipinski definition) is 1. The second kappa shape index (κ2) is 3.72. The number of rotatable bonds is 3. The molecule has 0 radical (unpaired) electrons. The van der Waals surface area contributed by atoms with Crippen molar-refractivity contribution in [2.24, 2.45) is 5.73 Å². The molecule has 0 aliphatic heterocycles. The van der Waals surface area contributed by atoms with Crippen LogP contribution < -0.4 is 5.73 Å². The lowest BCUT2D eigenvalue weighted by Crippen LogP contribution is -2.06. The third kappa shape index (κ3) is 2.26. The molecule has 0 amide bonds. The van der Waals surface area contributed by atoms with E-state index >= 15 is 0 Å². The van der Waals surface area contributed by atoms with Crippen LogP contribution in [0.15, 0.2) is 29.2 Å². The molecule has 70 valence electrons. The first-order valence-electron chi connectivity index (χ1n) is 4.78. The molecule has 0 spiro atoms. The number of benzene rings is 1. The van der Waals surface area contributed by atoms with E-state index < -0.39 is 0 Å². The summed E-state index contributed by atoms with van der Waals surface area (Å²) in [5.41, 5.74) is 7.19. The van der Waals surface area contributed by atoms with Gasteiger partial charge in [-0.25, -0.2) is 0 Å². The van der Waals surface area contributed by atoms with Gasteiger partial charge in [-0.2, -0.15) is 0 Å². The first-order chi connectivity index (χ1) is 6.27. The fourth-order valence-electron chi connectivity index (χ4n) is 1.33. The first kappa shape index (κ1) is 9.10. The number of hydrogen-bond acceptors (Lipinski definition) is 2. The van der Waals surface area contributed by atoms with E-state index in [1.54, 1.807) is 0 Å². The van der Waals surface area contributed by atoms with Crippen LogP contribution in [0.4, 0.5) is 0 Å². The smallest absolute Gasteiger partial charge is 0.0277 e. The highest BCUT2D eigenvalue weighted by Crippen LogP contribution is 2.41. The van der Waals surface area contributed by atoms with Crippen molar-refractivity contribution >= 4 is 11.8 Å². The van der Waals surface area contributed by atoms with E-state index in [-0.39, 0.29) is 6.04 Å². The third-order valence-electron chi connectivity index (χ3n) is 2.23. The molecular weight excluding hydrogens is 178 g/mol. The van der Waals surface area contributed by atoms with E-state index in [2.05, 4.69) is 24.3 Å². The topological polar surface area (TPSA) is 26.0 Å². The van der Waals surface area contributed by atoms with Gasteiger partial charge in [0.2, 0.25) is 0 Å². The van der Waals surface area contributed by atoms with Crippen LogP contribution in [0.1, 0.15) is 31.4 Å². The second-order valence-corrected chi connectivity index (χ2v) is 4.99. The molecule has 0 heterocycles. The minimum atomic E-state index is 0.155. The van der Waals surface area contributed by atoms with Crippen molar-refractivity contribution in [3.8, 4) is 0 Å². The SMILES string of the molecule is CC(N)c1ccccc1SC1CC1. The molecule has 1 unspecified atom stereocenters. The second-order valence-electron chi connectivity index (χ2n) is 3.64. The Bertz CT molecular complexity index is 292. The van der Waals surface area contributed by atoms with Gasteiger partial charge < -0.3 is 5.73 Å². The van der Waals surface area contributed by atoms with E-state index in [0.717, 1.165) is 5.25 Å². The number of nitrogens with two attached hydrogens (primary N) is 1. The van der Waals surface area contributed by atoms with Crippen molar-refractivity contribution in [2.45, 2.75) is 36.0 Å². The highest BCUT2D eigenvalue weighted by atomic mass is 32.2. The molecule has 1 nitrogen and oxygen atoms in total. The zero-order chi connectivity index (χ0) is 9.26. The van der Waals surface area contributed by atoms with Crippen LogP contribution in [-0.2, 0) is 0 Å². The highest BCUT2D eigenvalue weighted by molar-refractivity contribution is 8.00. The molecule has 0 bridgehead atoms. The van der Waals surface area contributed by atoms with E-state index in [9.17, 15) is 0 Å². The molecule has 2 heteroatoms. The molecule has 13 heavy (non-hydrogen) atoms. The molecule has 1 aliphatic carbocycles. The summed E-state index contributed by atoms with van der Waals surface area (Å²) in [5.74, 6) is 0. The third-order valence-corrected chi connectivity index (χ3v) is 3.66. The Morgan fingerprint density at radius 3 is 2.69 bits per heavy atom. The Morgan fingerprint density at radius 2 is 2.08 bits per heavy atom. The molecule has 1 aromatic rings. The molecule has 0 saturated heterocycles. The maximum absolute atomic E-state index is 5.90. The molecule has 1 aliphatic rings. The lowest BCUT2D eigenvalue weighted by atomic mass is 10.1. The Morgan fingerprint density at radius 1 is 1.38 bits per heavy atom. The zero-order valence-electron chi connectivity index (χ0n) is 7.86. The molecule has 1 aromatic carbocycles. The van der Waals surface area contributed by atoms with E-state index in [1.165, 1.54) is 23.3 Å². The maximum atomic E-state index is 5.90. The van der Waals surface area contributed by atoms with Crippen molar-refractivity contribution in [3.05, 3.63) is 29.8 Å². The summed E-state index contributed by atoms with van der Waals surface area (Å²) >= 11 is 1.98. The summed E-state index contributed by atoms with van der Waals surface area (Å²) < 4.78 is 0. The van der Waals surface area contributed by atoms with Crippen LogP contribution in [0.2, 0.25) is 0 Å². The average molecular weight is 193 g/mol. The van der Waals surface area contributed by atoms with Crippen molar-refractivity contribution < 1.29 is 0 Å². The van der Waals surface area contributed by atoms with Crippen LogP contribution in [-0.4, -0.2) is 5.25 Å². The molecule has 2 rings (SSSR count). The molecule has 1 fully saturated rings. The quantitative estimate of drug-likeness (QED) is 0.798. The predicted octanol–water partition coefficient (Wildman–Crippen LogP) is 2.96. The van der Waals surface area contributed by atoms with Gasteiger partial charge in [-0.05, 0) is 31.4 Å². The predicted molar refractivity (Wildman–Crippen MR) is 57.9 cm³/mol. The molecule has 1 atom stereocenters. The summed E-state index contributed by atoms with van der Waals surface area (Å²) in [5, 5.41) is 0.861. The standard InChI is InChI=1S/C11H15NS/c1-8(12)10-4-2-3-5-11(10)13-9-6-7-9/h2-5,8-9H,6-7,12H2,1H3. The summed E-state index contributed by atoms with van der Waals surface area (Å²) in [7, 11) is 0. The zero-order valence-corrected chi connectivity index (χ0v) is 8.68. The van der Waals surface area contributed by atoms with Gasteiger partial charge in [0.25, 0.3) is 0 Å². The molecule has 2 N–H and O–H groups in total. The van der Waals surface area contributed by atoms with E-state index in [0.29, 0.717) is 0 Å². The van der Waals surface area contributed by atoms with Crippen LogP contribution in [0.5, 0.6) is 0 Å². The highest BCUT2D eigenvalue weighted by Gasteiger charge is 2.23. The van der Waals surface area contributed by atoms with Gasteiger partial charge in [0.05, 0.1) is 0 Å². The monoisotopic (exact) mass is 193 g/mol. The van der Waals surface area contributed by atoms with Gasteiger partial charge in [-0.15, -0.1) is 11.8 Å². The van der Waals surface area contributed by atoms with Crippen molar-refractivity contribution in [2.75, 3.05) is 0 Å². The van der Waals surface area contributed by atoms with E-state index in [4.69, 9.17) is 5.73 Å². The summed E-state index contributed by atoms with van der Waals surface area (Å²) in [6, 6.07) is 8.63. The van der Waals surface area contributed by atoms with Gasteiger partial charge in [-0.1, -0.05) is 18.2 Å². The Kier molecular flexibility index (Phi) is 2.61. The average Bonchev–Trinajstić information content (AvgIpc) is 2.89. The van der Waals surface area contributed by atoms with Gasteiger partial charge in [0, 0.05) is 16.2 Å². The molecular formula is C11H15NS. The van der Waals surface area contributed by atoms with Gasteiger partial charge >= 0.3 is 0 Å². The summed E-state index contributed by atoms with van der Waals surface area (Å²) in [6.45, 7) is 2.05. The lowest BCUT2D eigenvalue weighted by molar-refractivity contribution is 0.797. The Hall–Kier alpha value is -0.470. The number of thioether (sulfide) groups is 1. The minimum absolute atomic E-state index is 0.155. The minimum Gasteiger partial charge on any atom is -0.324 e. The fraction of sp³-hybridized carbons (Fsp3) is 0.455. The van der Waals surface area contributed by atoms with Crippen molar-refractivity contribution in [1.82, 2.24) is 0 Å². The summed E-state index contributed by atoms with van der Waals surface area (Å²) in [4.78, 5) is 1.38. The maximum Gasteiger partial charge on any atom is 0.0277 e. The van der Waals surface area contributed by atoms with Crippen molar-refractivity contribution in [1.29, 1.82) is 0 Å². The van der Waals surface area contributed by atoms with Crippen LogP contribution in [0.3, 0.4) is 0 Å².